The summed E-state index contributed by atoms with van der Waals surface area (Å²) in [5.41, 5.74) is 1.44. The van der Waals surface area contributed by atoms with Gasteiger partial charge in [-0.25, -0.2) is 0 Å². The van der Waals surface area contributed by atoms with E-state index < -0.39 is 0 Å². The second kappa shape index (κ2) is 5.89. The molecule has 0 radical (unpaired) electrons. The second-order valence-corrected chi connectivity index (χ2v) is 4.82. The zero-order chi connectivity index (χ0) is 14.7. The van der Waals surface area contributed by atoms with Crippen molar-refractivity contribution in [1.29, 1.82) is 0 Å². The molecule has 2 aromatic rings. The van der Waals surface area contributed by atoms with Crippen molar-refractivity contribution >= 4 is 29.3 Å². The minimum atomic E-state index is -0.242. The van der Waals surface area contributed by atoms with Crippen LogP contribution >= 0.6 is 11.6 Å². The third-order valence-corrected chi connectivity index (χ3v) is 3.30. The van der Waals surface area contributed by atoms with E-state index in [-0.39, 0.29) is 12.7 Å². The van der Waals surface area contributed by atoms with Crippen LogP contribution in [-0.2, 0) is 4.79 Å². The monoisotopic (exact) mass is 301 g/mol. The lowest BCUT2D eigenvalue weighted by Crippen LogP contribution is -2.07. The first-order valence-electron chi connectivity index (χ1n) is 6.35. The van der Waals surface area contributed by atoms with E-state index in [1.807, 2.05) is 18.2 Å². The lowest BCUT2D eigenvalue weighted by molar-refractivity contribution is -0.111. The first kappa shape index (κ1) is 13.5. The van der Waals surface area contributed by atoms with Gasteiger partial charge in [0.1, 0.15) is 0 Å². The van der Waals surface area contributed by atoms with E-state index in [1.54, 1.807) is 30.3 Å². The highest BCUT2D eigenvalue weighted by Gasteiger charge is 2.13. The van der Waals surface area contributed by atoms with Gasteiger partial charge in [-0.2, -0.15) is 0 Å². The molecule has 21 heavy (non-hydrogen) atoms. The molecule has 0 unspecified atom stereocenters. The van der Waals surface area contributed by atoms with Gasteiger partial charge in [0.15, 0.2) is 11.5 Å². The number of hydrogen-bond donors (Lipinski definition) is 1. The Morgan fingerprint density at radius 1 is 1.14 bits per heavy atom. The molecule has 1 aliphatic rings. The molecule has 0 spiro atoms. The second-order valence-electron chi connectivity index (χ2n) is 4.41. The molecule has 3 rings (SSSR count). The summed E-state index contributed by atoms with van der Waals surface area (Å²) in [6.45, 7) is 0.207. The van der Waals surface area contributed by atoms with E-state index >= 15 is 0 Å². The fraction of sp³-hybridized carbons (Fsp3) is 0.0625. The molecule has 1 heterocycles. The van der Waals surface area contributed by atoms with Gasteiger partial charge in [-0.3, -0.25) is 4.79 Å². The number of carbonyl (C=O) groups is 1. The van der Waals surface area contributed by atoms with Crippen molar-refractivity contribution in [2.75, 3.05) is 12.1 Å². The van der Waals surface area contributed by atoms with E-state index in [1.165, 1.54) is 6.08 Å². The van der Waals surface area contributed by atoms with Crippen molar-refractivity contribution in [3.8, 4) is 11.5 Å². The van der Waals surface area contributed by atoms with Crippen LogP contribution < -0.4 is 14.8 Å². The van der Waals surface area contributed by atoms with Gasteiger partial charge >= 0.3 is 0 Å². The van der Waals surface area contributed by atoms with Gasteiger partial charge in [0.2, 0.25) is 12.7 Å². The number of carbonyl (C=O) groups excluding carboxylic acids is 1. The number of hydrogen-bond acceptors (Lipinski definition) is 3. The van der Waals surface area contributed by atoms with Gasteiger partial charge in [0, 0.05) is 22.9 Å². The molecule has 0 bridgehead atoms. The number of ether oxygens (including phenoxy) is 2. The number of amides is 1. The fourth-order valence-electron chi connectivity index (χ4n) is 1.93. The van der Waals surface area contributed by atoms with E-state index in [2.05, 4.69) is 5.32 Å². The largest absolute Gasteiger partial charge is 0.454 e. The summed E-state index contributed by atoms with van der Waals surface area (Å²) in [4.78, 5) is 11.9. The normalized spacial score (nSPS) is 12.6. The Bertz CT molecular complexity index is 712. The first-order valence-corrected chi connectivity index (χ1v) is 6.73. The van der Waals surface area contributed by atoms with Crippen molar-refractivity contribution in [1.82, 2.24) is 0 Å². The molecular weight excluding hydrogens is 290 g/mol. The molecule has 0 aromatic heterocycles. The van der Waals surface area contributed by atoms with Crippen LogP contribution in [0.3, 0.4) is 0 Å². The predicted octanol–water partition coefficient (Wildman–Crippen LogP) is 3.72. The lowest BCUT2D eigenvalue weighted by atomic mass is 10.2. The van der Waals surface area contributed by atoms with Crippen molar-refractivity contribution in [2.24, 2.45) is 0 Å². The highest BCUT2D eigenvalue weighted by molar-refractivity contribution is 6.32. The Hall–Kier alpha value is -2.46. The predicted molar refractivity (Wildman–Crippen MR) is 81.7 cm³/mol. The van der Waals surface area contributed by atoms with Gasteiger partial charge in [-0.15, -0.1) is 0 Å². The third-order valence-electron chi connectivity index (χ3n) is 2.96. The quantitative estimate of drug-likeness (QED) is 0.879. The van der Waals surface area contributed by atoms with Crippen LogP contribution in [0.15, 0.2) is 48.5 Å². The average molecular weight is 302 g/mol. The van der Waals surface area contributed by atoms with Crippen LogP contribution in [0.5, 0.6) is 11.5 Å². The fourth-order valence-corrected chi connectivity index (χ4v) is 2.13. The Kier molecular flexibility index (Phi) is 3.79. The molecule has 1 aliphatic heterocycles. The van der Waals surface area contributed by atoms with Crippen LogP contribution in [0.2, 0.25) is 5.02 Å². The molecule has 5 heteroatoms. The standard InChI is InChI=1S/C16H12ClNO3/c17-13-4-2-1-3-11(13)5-8-16(19)18-12-6-7-14-15(9-12)21-10-20-14/h1-9H,10H2,(H,18,19)/b8-5+. The first-order chi connectivity index (χ1) is 10.2. The van der Waals surface area contributed by atoms with Gasteiger partial charge in [0.05, 0.1) is 0 Å². The summed E-state index contributed by atoms with van der Waals surface area (Å²) in [5, 5.41) is 3.36. The minimum Gasteiger partial charge on any atom is -0.454 e. The van der Waals surface area contributed by atoms with Gasteiger partial charge in [-0.1, -0.05) is 29.8 Å². The van der Waals surface area contributed by atoms with E-state index in [0.717, 1.165) is 5.56 Å². The van der Waals surface area contributed by atoms with E-state index in [4.69, 9.17) is 21.1 Å². The van der Waals surface area contributed by atoms with Crippen molar-refractivity contribution in [2.45, 2.75) is 0 Å². The highest BCUT2D eigenvalue weighted by atomic mass is 35.5. The SMILES string of the molecule is O=C(/C=C/c1ccccc1Cl)Nc1ccc2c(c1)OCO2. The molecule has 0 saturated carbocycles. The molecule has 1 amide bonds. The number of anilines is 1. The summed E-state index contributed by atoms with van der Waals surface area (Å²) in [5.74, 6) is 1.07. The topological polar surface area (TPSA) is 47.6 Å². The van der Waals surface area contributed by atoms with Crippen LogP contribution in [-0.4, -0.2) is 12.7 Å². The number of nitrogens with one attached hydrogen (secondary N) is 1. The Labute approximate surface area is 126 Å². The maximum absolute atomic E-state index is 11.9. The van der Waals surface area contributed by atoms with Crippen molar-refractivity contribution < 1.29 is 14.3 Å². The molecule has 106 valence electrons. The van der Waals surface area contributed by atoms with E-state index in [0.29, 0.717) is 22.2 Å². The molecular formula is C16H12ClNO3. The van der Waals surface area contributed by atoms with Crippen LogP contribution in [0.25, 0.3) is 6.08 Å². The number of fused-ring (bicyclic) bond motifs is 1. The van der Waals surface area contributed by atoms with Crippen LogP contribution in [0.1, 0.15) is 5.56 Å². The molecule has 4 nitrogen and oxygen atoms in total. The Balaban J connectivity index is 1.68. The van der Waals surface area contributed by atoms with E-state index in [9.17, 15) is 4.79 Å². The van der Waals surface area contributed by atoms with Gasteiger partial charge in [-0.05, 0) is 29.8 Å². The maximum Gasteiger partial charge on any atom is 0.248 e. The molecule has 0 aliphatic carbocycles. The Morgan fingerprint density at radius 3 is 2.81 bits per heavy atom. The molecule has 0 atom stereocenters. The van der Waals surface area contributed by atoms with Crippen LogP contribution in [0.4, 0.5) is 5.69 Å². The average Bonchev–Trinajstić information content (AvgIpc) is 2.94. The van der Waals surface area contributed by atoms with Crippen molar-refractivity contribution in [3.63, 3.8) is 0 Å². The summed E-state index contributed by atoms with van der Waals surface area (Å²) in [7, 11) is 0. The van der Waals surface area contributed by atoms with Gasteiger partial charge in [0.25, 0.3) is 0 Å². The maximum atomic E-state index is 11.9. The number of halogens is 1. The van der Waals surface area contributed by atoms with Crippen molar-refractivity contribution in [3.05, 3.63) is 59.1 Å². The number of rotatable bonds is 3. The summed E-state index contributed by atoms with van der Waals surface area (Å²) in [6.07, 6.45) is 3.11. The zero-order valence-corrected chi connectivity index (χ0v) is 11.8. The summed E-state index contributed by atoms with van der Waals surface area (Å²) < 4.78 is 10.5. The molecule has 0 fully saturated rings. The molecule has 1 N–H and O–H groups in total. The molecule has 2 aromatic carbocycles. The summed E-state index contributed by atoms with van der Waals surface area (Å²) in [6, 6.07) is 12.6. The van der Waals surface area contributed by atoms with Gasteiger partial charge < -0.3 is 14.8 Å². The smallest absolute Gasteiger partial charge is 0.248 e. The number of benzene rings is 2. The minimum absolute atomic E-state index is 0.207. The molecule has 0 saturated heterocycles. The highest BCUT2D eigenvalue weighted by Crippen LogP contribution is 2.34. The third kappa shape index (κ3) is 3.17. The van der Waals surface area contributed by atoms with Crippen LogP contribution in [0, 0.1) is 0 Å². The summed E-state index contributed by atoms with van der Waals surface area (Å²) >= 11 is 6.02. The Morgan fingerprint density at radius 2 is 1.95 bits per heavy atom. The lowest BCUT2D eigenvalue weighted by Gasteiger charge is -2.03. The zero-order valence-electron chi connectivity index (χ0n) is 11.0.